The highest BCUT2D eigenvalue weighted by molar-refractivity contribution is 6.07. The molecule has 0 amide bonds. The van der Waals surface area contributed by atoms with Crippen molar-refractivity contribution in [3.8, 4) is 0 Å². The van der Waals surface area contributed by atoms with E-state index in [1.807, 2.05) is 30.3 Å². The maximum atomic E-state index is 11.2. The van der Waals surface area contributed by atoms with E-state index in [0.717, 1.165) is 16.5 Å². The van der Waals surface area contributed by atoms with Crippen LogP contribution in [0.2, 0.25) is 0 Å². The normalized spacial score (nSPS) is 14.3. The molecule has 2 radical (unpaired) electrons. The third-order valence-corrected chi connectivity index (χ3v) is 2.59. The molecule has 1 nitrogen and oxygen atoms in total. The SMILES string of the molecule is O=C1[C]c2cc3ccccc3cc2C=C1. The van der Waals surface area contributed by atoms with E-state index in [0.29, 0.717) is 0 Å². The number of carbonyl (C=O) groups is 1. The zero-order chi connectivity index (χ0) is 10.3. The van der Waals surface area contributed by atoms with Crippen LogP contribution in [-0.4, -0.2) is 5.78 Å². The second-order valence-corrected chi connectivity index (χ2v) is 3.61. The molecule has 0 spiro atoms. The summed E-state index contributed by atoms with van der Waals surface area (Å²) >= 11 is 0. The summed E-state index contributed by atoms with van der Waals surface area (Å²) in [6.07, 6.45) is 6.23. The number of hydrogen-bond donors (Lipinski definition) is 0. The summed E-state index contributed by atoms with van der Waals surface area (Å²) in [7, 11) is 0. The topological polar surface area (TPSA) is 17.1 Å². The van der Waals surface area contributed by atoms with Crippen LogP contribution >= 0.6 is 0 Å². The van der Waals surface area contributed by atoms with Crippen LogP contribution in [0.15, 0.2) is 42.5 Å². The number of hydrogen-bond acceptors (Lipinski definition) is 1. The van der Waals surface area contributed by atoms with Crippen LogP contribution in [0, 0.1) is 6.42 Å². The molecule has 2 aromatic rings. The molecule has 0 bridgehead atoms. The van der Waals surface area contributed by atoms with Crippen LogP contribution in [-0.2, 0) is 4.79 Å². The average Bonchev–Trinajstić information content (AvgIpc) is 2.26. The Morgan fingerprint density at radius 3 is 2.47 bits per heavy atom. The highest BCUT2D eigenvalue weighted by Gasteiger charge is 2.11. The molecule has 1 aliphatic rings. The molecule has 0 atom stereocenters. The summed E-state index contributed by atoms with van der Waals surface area (Å²) in [6.45, 7) is 0. The molecule has 3 rings (SSSR count). The van der Waals surface area contributed by atoms with Crippen molar-refractivity contribution in [1.29, 1.82) is 0 Å². The lowest BCUT2D eigenvalue weighted by Gasteiger charge is -2.10. The molecule has 0 heterocycles. The first-order valence-electron chi connectivity index (χ1n) is 4.85. The number of ketones is 1. The van der Waals surface area contributed by atoms with E-state index in [4.69, 9.17) is 0 Å². The Bertz CT molecular complexity index is 579. The fraction of sp³-hybridized carbons (Fsp3) is 0. The average molecular weight is 192 g/mol. The van der Waals surface area contributed by atoms with Crippen LogP contribution in [0.1, 0.15) is 11.1 Å². The Kier molecular flexibility index (Phi) is 1.72. The minimum absolute atomic E-state index is 0.0576. The highest BCUT2D eigenvalue weighted by Crippen LogP contribution is 2.25. The van der Waals surface area contributed by atoms with Crippen LogP contribution in [0.3, 0.4) is 0 Å². The standard InChI is InChI=1S/C14H8O/c15-14-6-5-12-7-10-3-1-2-4-11(10)8-13(12)9-14/h1-8H. The van der Waals surface area contributed by atoms with Gasteiger partial charge in [-0.3, -0.25) is 4.79 Å². The lowest BCUT2D eigenvalue weighted by Crippen LogP contribution is -2.02. The van der Waals surface area contributed by atoms with Gasteiger partial charge < -0.3 is 0 Å². The summed E-state index contributed by atoms with van der Waals surface area (Å²) in [4.78, 5) is 11.2. The summed E-state index contributed by atoms with van der Waals surface area (Å²) < 4.78 is 0. The van der Waals surface area contributed by atoms with Gasteiger partial charge in [0, 0.05) is 0 Å². The van der Waals surface area contributed by atoms with Crippen molar-refractivity contribution in [1.82, 2.24) is 0 Å². The Hall–Kier alpha value is -1.89. The van der Waals surface area contributed by atoms with Crippen LogP contribution < -0.4 is 0 Å². The molecule has 15 heavy (non-hydrogen) atoms. The predicted molar refractivity (Wildman–Crippen MR) is 60.3 cm³/mol. The summed E-state index contributed by atoms with van der Waals surface area (Å²) in [5, 5.41) is 2.34. The van der Waals surface area contributed by atoms with Gasteiger partial charge in [-0.05, 0) is 40.1 Å². The molecule has 0 saturated heterocycles. The Balaban J connectivity index is 2.31. The van der Waals surface area contributed by atoms with E-state index in [9.17, 15) is 4.79 Å². The third kappa shape index (κ3) is 1.37. The number of allylic oxidation sites excluding steroid dienone is 1. The lowest BCUT2D eigenvalue weighted by molar-refractivity contribution is -0.111. The maximum absolute atomic E-state index is 11.2. The van der Waals surface area contributed by atoms with E-state index < -0.39 is 0 Å². The number of fused-ring (bicyclic) bond motifs is 2. The van der Waals surface area contributed by atoms with Gasteiger partial charge in [0.1, 0.15) is 0 Å². The Morgan fingerprint density at radius 1 is 0.933 bits per heavy atom. The van der Waals surface area contributed by atoms with Crippen molar-refractivity contribution in [3.05, 3.63) is 60.0 Å². The molecular weight excluding hydrogens is 184 g/mol. The Labute approximate surface area is 88.0 Å². The van der Waals surface area contributed by atoms with E-state index in [-0.39, 0.29) is 5.78 Å². The van der Waals surface area contributed by atoms with Gasteiger partial charge in [0.15, 0.2) is 5.78 Å². The van der Waals surface area contributed by atoms with Gasteiger partial charge in [0.05, 0.1) is 6.42 Å². The first-order chi connectivity index (χ1) is 7.33. The van der Waals surface area contributed by atoms with Gasteiger partial charge in [0.2, 0.25) is 0 Å². The molecule has 0 unspecified atom stereocenters. The van der Waals surface area contributed by atoms with Crippen molar-refractivity contribution >= 4 is 22.6 Å². The molecule has 2 aromatic carbocycles. The van der Waals surface area contributed by atoms with Crippen LogP contribution in [0.5, 0.6) is 0 Å². The molecule has 1 aliphatic carbocycles. The number of benzene rings is 2. The molecule has 70 valence electrons. The summed E-state index contributed by atoms with van der Waals surface area (Å²) in [5.41, 5.74) is 1.95. The van der Waals surface area contributed by atoms with E-state index >= 15 is 0 Å². The van der Waals surface area contributed by atoms with E-state index in [1.54, 1.807) is 6.08 Å². The minimum Gasteiger partial charge on any atom is -0.294 e. The third-order valence-electron chi connectivity index (χ3n) is 2.59. The number of rotatable bonds is 0. The van der Waals surface area contributed by atoms with Crippen molar-refractivity contribution < 1.29 is 4.79 Å². The molecular formula is C14H8O. The van der Waals surface area contributed by atoms with Gasteiger partial charge in [-0.15, -0.1) is 0 Å². The van der Waals surface area contributed by atoms with Gasteiger partial charge in [-0.1, -0.05) is 30.3 Å². The highest BCUT2D eigenvalue weighted by atomic mass is 16.1. The second-order valence-electron chi connectivity index (χ2n) is 3.61. The second kappa shape index (κ2) is 3.06. The largest absolute Gasteiger partial charge is 0.294 e. The zero-order valence-electron chi connectivity index (χ0n) is 8.03. The summed E-state index contributed by atoms with van der Waals surface area (Å²) in [6, 6.07) is 12.2. The van der Waals surface area contributed by atoms with Crippen LogP contribution in [0.25, 0.3) is 16.8 Å². The summed E-state index contributed by atoms with van der Waals surface area (Å²) in [5.74, 6) is -0.0576. The van der Waals surface area contributed by atoms with Gasteiger partial charge in [0.25, 0.3) is 0 Å². The molecule has 0 N–H and O–H groups in total. The van der Waals surface area contributed by atoms with Crippen LogP contribution in [0.4, 0.5) is 0 Å². The molecule has 0 fully saturated rings. The van der Waals surface area contributed by atoms with Crippen molar-refractivity contribution in [2.24, 2.45) is 0 Å². The quantitative estimate of drug-likeness (QED) is 0.627. The van der Waals surface area contributed by atoms with E-state index in [1.165, 1.54) is 5.39 Å². The van der Waals surface area contributed by atoms with E-state index in [2.05, 4.69) is 18.6 Å². The number of carbonyl (C=O) groups excluding carboxylic acids is 1. The van der Waals surface area contributed by atoms with Gasteiger partial charge >= 0.3 is 0 Å². The zero-order valence-corrected chi connectivity index (χ0v) is 8.03. The molecule has 0 saturated carbocycles. The van der Waals surface area contributed by atoms with Gasteiger partial charge in [-0.2, -0.15) is 0 Å². The fourth-order valence-electron chi connectivity index (χ4n) is 1.84. The van der Waals surface area contributed by atoms with Crippen molar-refractivity contribution in [3.63, 3.8) is 0 Å². The van der Waals surface area contributed by atoms with Gasteiger partial charge in [-0.25, -0.2) is 0 Å². The maximum Gasteiger partial charge on any atom is 0.169 e. The Morgan fingerprint density at radius 2 is 1.67 bits per heavy atom. The monoisotopic (exact) mass is 192 g/mol. The minimum atomic E-state index is -0.0576. The predicted octanol–water partition coefficient (Wildman–Crippen LogP) is 2.87. The fourth-order valence-corrected chi connectivity index (χ4v) is 1.84. The lowest BCUT2D eigenvalue weighted by atomic mass is 9.93. The van der Waals surface area contributed by atoms with Crippen molar-refractivity contribution in [2.45, 2.75) is 0 Å². The molecule has 0 aliphatic heterocycles. The molecule has 1 heteroatoms. The molecule has 0 aromatic heterocycles. The first-order valence-corrected chi connectivity index (χ1v) is 4.85. The smallest absolute Gasteiger partial charge is 0.169 e. The van der Waals surface area contributed by atoms with Crippen molar-refractivity contribution in [2.75, 3.05) is 0 Å². The first kappa shape index (κ1) is 8.42.